The summed E-state index contributed by atoms with van der Waals surface area (Å²) < 4.78 is 3.35. The van der Waals surface area contributed by atoms with Crippen molar-refractivity contribution in [1.29, 1.82) is 0 Å². The van der Waals surface area contributed by atoms with E-state index < -0.39 is 0 Å². The monoisotopic (exact) mass is 399 g/mol. The highest BCUT2D eigenvalue weighted by Gasteiger charge is 2.19. The van der Waals surface area contributed by atoms with Crippen LogP contribution in [0.5, 0.6) is 0 Å². The van der Waals surface area contributed by atoms with Gasteiger partial charge in [0.25, 0.3) is 0 Å². The Morgan fingerprint density at radius 2 is 1.92 bits per heavy atom. The fourth-order valence-corrected chi connectivity index (χ4v) is 3.82. The average Bonchev–Trinajstić information content (AvgIpc) is 2.96. The second-order valence-electron chi connectivity index (χ2n) is 5.70. The highest BCUT2D eigenvalue weighted by Crippen LogP contribution is 2.28. The number of thiazole rings is 1. The number of aromatic nitrogens is 1. The quantitative estimate of drug-likeness (QED) is 0.410. The predicted molar refractivity (Wildman–Crippen MR) is 107 cm³/mol. The first-order chi connectivity index (χ1) is 11.6. The molecule has 3 rings (SSSR count). The Kier molecular flexibility index (Phi) is 5.17. The van der Waals surface area contributed by atoms with Crippen molar-refractivity contribution in [3.8, 4) is 11.3 Å². The Hall–Kier alpha value is -1.91. The van der Waals surface area contributed by atoms with E-state index in [-0.39, 0.29) is 0 Å². The molecule has 24 heavy (non-hydrogen) atoms. The van der Waals surface area contributed by atoms with Gasteiger partial charge >= 0.3 is 5.13 Å². The number of allylic oxidation sites excluding steroid dienone is 1. The Labute approximate surface area is 155 Å². The van der Waals surface area contributed by atoms with Crippen LogP contribution in [0.4, 0.5) is 10.8 Å². The molecule has 0 aliphatic heterocycles. The molecule has 1 aromatic heterocycles. The van der Waals surface area contributed by atoms with Gasteiger partial charge in [-0.3, -0.25) is 0 Å². The van der Waals surface area contributed by atoms with Crippen LogP contribution in [0.15, 0.2) is 65.0 Å². The zero-order valence-electron chi connectivity index (χ0n) is 13.8. The highest BCUT2D eigenvalue weighted by atomic mass is 79.9. The molecule has 3 aromatic rings. The molecule has 122 valence electrons. The molecule has 0 unspecified atom stereocenters. The zero-order chi connectivity index (χ0) is 17.1. The van der Waals surface area contributed by atoms with Gasteiger partial charge in [-0.05, 0) is 55.3 Å². The smallest absolute Gasteiger partial charge is 0.231 e. The summed E-state index contributed by atoms with van der Waals surface area (Å²) in [7, 11) is 0. The summed E-state index contributed by atoms with van der Waals surface area (Å²) in [5.41, 5.74) is 6.11. The maximum absolute atomic E-state index is 3.91. The van der Waals surface area contributed by atoms with Crippen LogP contribution in [0, 0.1) is 13.8 Å². The maximum atomic E-state index is 3.91. The SMILES string of the molecule is C=CC[n+]1c(-c2ccc(Br)cc2)csc1Nc1cccc(C)c1C. The second-order valence-corrected chi connectivity index (χ2v) is 7.48. The van der Waals surface area contributed by atoms with Gasteiger partial charge in [0.15, 0.2) is 0 Å². The van der Waals surface area contributed by atoms with E-state index in [1.807, 2.05) is 6.08 Å². The van der Waals surface area contributed by atoms with Crippen molar-refractivity contribution in [3.05, 3.63) is 76.1 Å². The molecule has 0 spiro atoms. The molecule has 2 nitrogen and oxygen atoms in total. The van der Waals surface area contributed by atoms with Crippen LogP contribution >= 0.6 is 27.3 Å². The van der Waals surface area contributed by atoms with Crippen LogP contribution in [0.25, 0.3) is 11.3 Å². The van der Waals surface area contributed by atoms with Crippen molar-refractivity contribution in [2.75, 3.05) is 5.32 Å². The van der Waals surface area contributed by atoms with Gasteiger partial charge in [-0.2, -0.15) is 0 Å². The number of hydrogen-bond acceptors (Lipinski definition) is 2. The van der Waals surface area contributed by atoms with Gasteiger partial charge in [0, 0.05) is 15.4 Å². The first kappa shape index (κ1) is 16.9. The largest absolute Gasteiger partial charge is 0.339 e. The third-order valence-corrected chi connectivity index (χ3v) is 5.53. The molecular formula is C20H20BrN2S+. The summed E-state index contributed by atoms with van der Waals surface area (Å²) in [5, 5.41) is 6.90. The van der Waals surface area contributed by atoms with E-state index in [1.165, 1.54) is 22.4 Å². The van der Waals surface area contributed by atoms with E-state index in [4.69, 9.17) is 0 Å². The molecule has 0 atom stereocenters. The first-order valence-electron chi connectivity index (χ1n) is 7.81. The number of hydrogen-bond donors (Lipinski definition) is 1. The number of nitrogens with zero attached hydrogens (tertiary/aromatic N) is 1. The Bertz CT molecular complexity index is 866. The molecule has 1 N–H and O–H groups in total. The first-order valence-corrected chi connectivity index (χ1v) is 9.49. The highest BCUT2D eigenvalue weighted by molar-refractivity contribution is 9.10. The molecule has 0 radical (unpaired) electrons. The van der Waals surface area contributed by atoms with Gasteiger partial charge in [0.1, 0.15) is 17.9 Å². The third kappa shape index (κ3) is 3.45. The fourth-order valence-electron chi connectivity index (χ4n) is 2.60. The van der Waals surface area contributed by atoms with Gasteiger partial charge in [-0.1, -0.05) is 52.1 Å². The van der Waals surface area contributed by atoms with Crippen molar-refractivity contribution < 1.29 is 4.57 Å². The van der Waals surface area contributed by atoms with Crippen LogP contribution in [0.1, 0.15) is 11.1 Å². The lowest BCUT2D eigenvalue weighted by Gasteiger charge is -2.07. The average molecular weight is 400 g/mol. The molecule has 0 aliphatic rings. The van der Waals surface area contributed by atoms with E-state index in [9.17, 15) is 0 Å². The van der Waals surface area contributed by atoms with E-state index in [0.29, 0.717) is 0 Å². The molecule has 4 heteroatoms. The summed E-state index contributed by atoms with van der Waals surface area (Å²) in [6.45, 7) is 8.97. The number of halogens is 1. The zero-order valence-corrected chi connectivity index (χ0v) is 16.2. The molecular weight excluding hydrogens is 380 g/mol. The number of nitrogens with one attached hydrogen (secondary N) is 1. The maximum Gasteiger partial charge on any atom is 0.339 e. The minimum Gasteiger partial charge on any atom is -0.231 e. The van der Waals surface area contributed by atoms with E-state index >= 15 is 0 Å². The van der Waals surface area contributed by atoms with Crippen LogP contribution in [0.3, 0.4) is 0 Å². The molecule has 0 fully saturated rings. The molecule has 2 aromatic carbocycles. The van der Waals surface area contributed by atoms with Gasteiger partial charge in [-0.15, -0.1) is 0 Å². The summed E-state index contributed by atoms with van der Waals surface area (Å²) in [6, 6.07) is 14.8. The number of benzene rings is 2. The molecule has 0 bridgehead atoms. The van der Waals surface area contributed by atoms with Crippen LogP contribution in [-0.4, -0.2) is 0 Å². The summed E-state index contributed by atoms with van der Waals surface area (Å²) >= 11 is 5.22. The van der Waals surface area contributed by atoms with Crippen molar-refractivity contribution in [1.82, 2.24) is 0 Å². The van der Waals surface area contributed by atoms with E-state index in [1.54, 1.807) is 11.3 Å². The fraction of sp³-hybridized carbons (Fsp3) is 0.150. The summed E-state index contributed by atoms with van der Waals surface area (Å²) in [4.78, 5) is 0. The van der Waals surface area contributed by atoms with E-state index in [2.05, 4.69) is 94.1 Å². The van der Waals surface area contributed by atoms with Gasteiger partial charge in [0.2, 0.25) is 0 Å². The Morgan fingerprint density at radius 3 is 2.62 bits per heavy atom. The van der Waals surface area contributed by atoms with Crippen LogP contribution in [-0.2, 0) is 6.54 Å². The Morgan fingerprint density at radius 1 is 1.17 bits per heavy atom. The molecule has 1 heterocycles. The lowest BCUT2D eigenvalue weighted by Crippen LogP contribution is -2.35. The lowest BCUT2D eigenvalue weighted by atomic mass is 10.1. The van der Waals surface area contributed by atoms with Crippen molar-refractivity contribution >= 4 is 38.1 Å². The summed E-state index contributed by atoms with van der Waals surface area (Å²) in [6.07, 6.45) is 1.93. The van der Waals surface area contributed by atoms with Gasteiger partial charge < -0.3 is 0 Å². The predicted octanol–water partition coefficient (Wildman–Crippen LogP) is 6.01. The van der Waals surface area contributed by atoms with Gasteiger partial charge in [-0.25, -0.2) is 9.88 Å². The second kappa shape index (κ2) is 7.32. The van der Waals surface area contributed by atoms with Crippen molar-refractivity contribution in [2.45, 2.75) is 20.4 Å². The third-order valence-electron chi connectivity index (χ3n) is 4.12. The van der Waals surface area contributed by atoms with E-state index in [0.717, 1.165) is 21.8 Å². The van der Waals surface area contributed by atoms with Crippen molar-refractivity contribution in [2.24, 2.45) is 0 Å². The molecule has 0 saturated carbocycles. The van der Waals surface area contributed by atoms with Crippen LogP contribution < -0.4 is 9.88 Å². The number of rotatable bonds is 5. The minimum absolute atomic E-state index is 0.766. The topological polar surface area (TPSA) is 15.9 Å². The molecule has 0 amide bonds. The van der Waals surface area contributed by atoms with Crippen molar-refractivity contribution in [3.63, 3.8) is 0 Å². The van der Waals surface area contributed by atoms with Crippen LogP contribution in [0.2, 0.25) is 0 Å². The molecule has 0 saturated heterocycles. The summed E-state index contributed by atoms with van der Waals surface area (Å²) in [5.74, 6) is 0. The number of aryl methyl sites for hydroxylation is 1. The lowest BCUT2D eigenvalue weighted by molar-refractivity contribution is -0.657. The number of anilines is 2. The molecule has 0 aliphatic carbocycles. The normalized spacial score (nSPS) is 10.6. The Balaban J connectivity index is 2.01. The minimum atomic E-state index is 0.766. The standard InChI is InChI=1S/C20H19BrN2S/c1-4-12-23-19(16-8-10-17(21)11-9-16)13-24-20(23)22-18-7-5-6-14(2)15(18)3/h4-11,13H,1,12H2,2-3H3/p+1. The van der Waals surface area contributed by atoms with Gasteiger partial charge in [0.05, 0.1) is 0 Å².